The van der Waals surface area contributed by atoms with Gasteiger partial charge in [-0.05, 0) is 42.5 Å². The summed E-state index contributed by atoms with van der Waals surface area (Å²) in [6.07, 6.45) is 6.27. The third kappa shape index (κ3) is 5.23. The van der Waals surface area contributed by atoms with Crippen molar-refractivity contribution >= 4 is 0 Å². The standard InChI is InChI=1S/C21H25F2NO3/c22-17-12-15(13-18(23)21(17)27-10-4-8-20(25)26)16-7-3-9-24-19(16)11-14-5-1-2-6-14/h3,7,9,12-14,20,25-26H,1-2,4-6,8,10-11H2. The zero-order valence-electron chi connectivity index (χ0n) is 15.2. The molecule has 6 heteroatoms. The van der Waals surface area contributed by atoms with Crippen LogP contribution in [0, 0.1) is 17.6 Å². The van der Waals surface area contributed by atoms with Gasteiger partial charge >= 0.3 is 0 Å². The number of aliphatic hydroxyl groups excluding tert-OH is 1. The number of rotatable bonds is 8. The zero-order chi connectivity index (χ0) is 19.2. The summed E-state index contributed by atoms with van der Waals surface area (Å²) >= 11 is 0. The van der Waals surface area contributed by atoms with Gasteiger partial charge in [0.1, 0.15) is 0 Å². The summed E-state index contributed by atoms with van der Waals surface area (Å²) in [6.45, 7) is 0.00459. The lowest BCUT2D eigenvalue weighted by Gasteiger charge is -2.14. The first-order valence-corrected chi connectivity index (χ1v) is 9.47. The van der Waals surface area contributed by atoms with Gasteiger partial charge in [-0.3, -0.25) is 4.98 Å². The second-order valence-corrected chi connectivity index (χ2v) is 7.09. The van der Waals surface area contributed by atoms with Crippen LogP contribution in [0.1, 0.15) is 44.2 Å². The van der Waals surface area contributed by atoms with E-state index in [1.54, 1.807) is 12.3 Å². The Morgan fingerprint density at radius 1 is 1.15 bits per heavy atom. The Morgan fingerprint density at radius 3 is 2.52 bits per heavy atom. The molecule has 1 aromatic carbocycles. The fourth-order valence-electron chi connectivity index (χ4n) is 3.64. The average Bonchev–Trinajstić information content (AvgIpc) is 3.13. The van der Waals surface area contributed by atoms with Crippen LogP contribution < -0.4 is 4.74 Å². The molecule has 2 N–H and O–H groups in total. The quantitative estimate of drug-likeness (QED) is 0.534. The summed E-state index contributed by atoms with van der Waals surface area (Å²) in [4.78, 5) is 4.45. The van der Waals surface area contributed by atoms with Gasteiger partial charge < -0.3 is 14.9 Å². The largest absolute Gasteiger partial charge is 0.488 e. The average molecular weight is 377 g/mol. The maximum atomic E-state index is 14.4. The number of halogens is 2. The highest BCUT2D eigenvalue weighted by Gasteiger charge is 2.20. The Balaban J connectivity index is 1.77. The van der Waals surface area contributed by atoms with E-state index >= 15 is 0 Å². The third-order valence-corrected chi connectivity index (χ3v) is 5.01. The van der Waals surface area contributed by atoms with Gasteiger partial charge in [-0.1, -0.05) is 31.7 Å². The highest BCUT2D eigenvalue weighted by Crippen LogP contribution is 2.33. The fourth-order valence-corrected chi connectivity index (χ4v) is 3.64. The first kappa shape index (κ1) is 19.7. The van der Waals surface area contributed by atoms with Crippen LogP contribution in [0.4, 0.5) is 8.78 Å². The van der Waals surface area contributed by atoms with E-state index in [2.05, 4.69) is 4.98 Å². The minimum absolute atomic E-state index is 0.00459. The van der Waals surface area contributed by atoms with Crippen molar-refractivity contribution in [3.05, 3.63) is 47.8 Å². The number of benzene rings is 1. The normalized spacial score (nSPS) is 14.9. The SMILES string of the molecule is OC(O)CCCOc1c(F)cc(-c2cccnc2CC2CCCC2)cc1F. The van der Waals surface area contributed by atoms with Gasteiger partial charge in [0.2, 0.25) is 0 Å². The van der Waals surface area contributed by atoms with E-state index in [1.807, 2.05) is 6.07 Å². The monoisotopic (exact) mass is 377 g/mol. The molecule has 0 saturated heterocycles. The van der Waals surface area contributed by atoms with E-state index in [4.69, 9.17) is 14.9 Å². The highest BCUT2D eigenvalue weighted by atomic mass is 19.1. The lowest BCUT2D eigenvalue weighted by Crippen LogP contribution is -2.08. The minimum Gasteiger partial charge on any atom is -0.488 e. The number of ether oxygens (including phenoxy) is 1. The van der Waals surface area contributed by atoms with Gasteiger partial charge in [0.25, 0.3) is 0 Å². The minimum atomic E-state index is -1.45. The molecule has 146 valence electrons. The van der Waals surface area contributed by atoms with Gasteiger partial charge in [-0.2, -0.15) is 0 Å². The van der Waals surface area contributed by atoms with Crippen molar-refractivity contribution in [1.82, 2.24) is 4.98 Å². The molecule has 27 heavy (non-hydrogen) atoms. The molecule has 0 bridgehead atoms. The Bertz CT molecular complexity index is 738. The molecule has 1 saturated carbocycles. The number of aliphatic hydroxyl groups is 2. The van der Waals surface area contributed by atoms with Crippen molar-refractivity contribution in [3.8, 4) is 16.9 Å². The topological polar surface area (TPSA) is 62.6 Å². The summed E-state index contributed by atoms with van der Waals surface area (Å²) in [5, 5.41) is 17.6. The lowest BCUT2D eigenvalue weighted by atomic mass is 9.95. The van der Waals surface area contributed by atoms with E-state index in [1.165, 1.54) is 37.8 Å². The van der Waals surface area contributed by atoms with E-state index in [-0.39, 0.29) is 19.4 Å². The van der Waals surface area contributed by atoms with E-state index in [9.17, 15) is 8.78 Å². The van der Waals surface area contributed by atoms with Crippen LogP contribution >= 0.6 is 0 Å². The van der Waals surface area contributed by atoms with Crippen LogP contribution in [0.5, 0.6) is 5.75 Å². The highest BCUT2D eigenvalue weighted by molar-refractivity contribution is 5.67. The molecule has 0 aliphatic heterocycles. The maximum Gasteiger partial charge on any atom is 0.190 e. The number of hydrogen-bond acceptors (Lipinski definition) is 4. The first-order valence-electron chi connectivity index (χ1n) is 9.47. The van der Waals surface area contributed by atoms with E-state index < -0.39 is 23.7 Å². The van der Waals surface area contributed by atoms with Crippen molar-refractivity contribution in [2.24, 2.45) is 5.92 Å². The molecule has 0 atom stereocenters. The second-order valence-electron chi connectivity index (χ2n) is 7.09. The summed E-state index contributed by atoms with van der Waals surface area (Å²) in [5.74, 6) is -1.40. The molecule has 4 nitrogen and oxygen atoms in total. The smallest absolute Gasteiger partial charge is 0.190 e. The van der Waals surface area contributed by atoms with Gasteiger partial charge in [-0.25, -0.2) is 8.78 Å². The first-order chi connectivity index (χ1) is 13.0. The summed E-state index contributed by atoms with van der Waals surface area (Å²) in [5.41, 5.74) is 2.06. The Hall–Kier alpha value is -2.05. The molecule has 0 spiro atoms. The van der Waals surface area contributed by atoms with Crippen LogP contribution in [0.15, 0.2) is 30.5 Å². The van der Waals surface area contributed by atoms with Gasteiger partial charge in [0.05, 0.1) is 6.61 Å². The number of aromatic nitrogens is 1. The Labute approximate surface area is 157 Å². The number of pyridine rings is 1. The molecule has 2 aromatic rings. The van der Waals surface area contributed by atoms with E-state index in [0.717, 1.165) is 17.7 Å². The van der Waals surface area contributed by atoms with Crippen molar-refractivity contribution in [3.63, 3.8) is 0 Å². The summed E-state index contributed by atoms with van der Waals surface area (Å²) in [6, 6.07) is 6.16. The molecule has 0 amide bonds. The molecule has 3 rings (SSSR count). The molecule has 0 unspecified atom stereocenters. The van der Waals surface area contributed by atoms with Crippen LogP contribution in [-0.2, 0) is 6.42 Å². The predicted molar refractivity (Wildman–Crippen MR) is 98.2 cm³/mol. The number of hydrogen-bond donors (Lipinski definition) is 2. The molecular weight excluding hydrogens is 352 g/mol. The molecule has 1 aliphatic rings. The second kappa shape index (κ2) is 9.24. The van der Waals surface area contributed by atoms with Crippen LogP contribution in [-0.4, -0.2) is 28.1 Å². The number of nitrogens with zero attached hydrogens (tertiary/aromatic N) is 1. The van der Waals surface area contributed by atoms with Gasteiger partial charge in [-0.15, -0.1) is 0 Å². The van der Waals surface area contributed by atoms with Crippen LogP contribution in [0.3, 0.4) is 0 Å². The van der Waals surface area contributed by atoms with Gasteiger partial charge in [0.15, 0.2) is 23.7 Å². The maximum absolute atomic E-state index is 14.4. The summed E-state index contributed by atoms with van der Waals surface area (Å²) < 4.78 is 34.0. The Kier molecular flexibility index (Phi) is 6.74. The van der Waals surface area contributed by atoms with Crippen LogP contribution in [0.2, 0.25) is 0 Å². The molecule has 1 aromatic heterocycles. The molecular formula is C21H25F2NO3. The van der Waals surface area contributed by atoms with Crippen molar-refractivity contribution in [2.75, 3.05) is 6.61 Å². The fraction of sp³-hybridized carbons (Fsp3) is 0.476. The zero-order valence-corrected chi connectivity index (χ0v) is 15.2. The van der Waals surface area contributed by atoms with E-state index in [0.29, 0.717) is 11.5 Å². The van der Waals surface area contributed by atoms with Crippen molar-refractivity contribution in [1.29, 1.82) is 0 Å². The Morgan fingerprint density at radius 2 is 1.85 bits per heavy atom. The molecule has 1 fully saturated rings. The molecule has 1 aliphatic carbocycles. The predicted octanol–water partition coefficient (Wildman–Crippen LogP) is 4.23. The molecule has 1 heterocycles. The third-order valence-electron chi connectivity index (χ3n) is 5.01. The summed E-state index contributed by atoms with van der Waals surface area (Å²) in [7, 11) is 0. The van der Waals surface area contributed by atoms with Crippen molar-refractivity contribution in [2.45, 2.75) is 51.2 Å². The van der Waals surface area contributed by atoms with Crippen LogP contribution in [0.25, 0.3) is 11.1 Å². The van der Waals surface area contributed by atoms with Crippen molar-refractivity contribution < 1.29 is 23.7 Å². The van der Waals surface area contributed by atoms with Gasteiger partial charge in [0, 0.05) is 23.9 Å². The molecule has 0 radical (unpaired) electrons. The lowest BCUT2D eigenvalue weighted by molar-refractivity contribution is -0.0480.